The highest BCUT2D eigenvalue weighted by Gasteiger charge is 2.20. The first-order valence-electron chi connectivity index (χ1n) is 15.3. The minimum atomic E-state index is -4.43. The van der Waals surface area contributed by atoms with Gasteiger partial charge >= 0.3 is 0 Å². The summed E-state index contributed by atoms with van der Waals surface area (Å²) in [7, 11) is -0.401. The summed E-state index contributed by atoms with van der Waals surface area (Å²) in [5, 5.41) is 0. The molecule has 0 aliphatic carbocycles. The first-order valence-corrected chi connectivity index (χ1v) is 16.7. The van der Waals surface area contributed by atoms with Crippen LogP contribution in [0.2, 0.25) is 0 Å². The molecule has 0 bridgehead atoms. The van der Waals surface area contributed by atoms with Crippen LogP contribution in [0.15, 0.2) is 24.3 Å². The van der Waals surface area contributed by atoms with Crippen LogP contribution >= 0.6 is 7.82 Å². The highest BCUT2D eigenvalue weighted by molar-refractivity contribution is 7.45. The Kier molecular flexibility index (Phi) is 18.9. The zero-order chi connectivity index (χ0) is 29.0. The van der Waals surface area contributed by atoms with Gasteiger partial charge in [0.2, 0.25) is 0 Å². The van der Waals surface area contributed by atoms with E-state index in [0.29, 0.717) is 30.5 Å². The van der Waals surface area contributed by atoms with E-state index in [-0.39, 0.29) is 31.3 Å². The molecule has 0 N–H and O–H groups in total. The van der Waals surface area contributed by atoms with E-state index in [1.807, 2.05) is 52.2 Å². The number of likely N-dealkylation sites (N-methyl/N-ethyl adjacent to an activating group) is 1. The van der Waals surface area contributed by atoms with E-state index < -0.39 is 7.82 Å². The predicted octanol–water partition coefficient (Wildman–Crippen LogP) is 7.11. The second-order valence-corrected chi connectivity index (χ2v) is 12.8. The standard InChI is InChI=1S/C31H56NO6P/c1-6-9-10-11-12-13-14-15-16-17-23-36-31-20-18-28(19-21-31)25-29(26-30(33)7-2)27-38-39(34,35)37-24-22-32(4,5)8-3/h18-21,29H,6-17,22-27H2,1-5H3. The van der Waals surface area contributed by atoms with Gasteiger partial charge in [0.15, 0.2) is 0 Å². The van der Waals surface area contributed by atoms with Crippen molar-refractivity contribution in [2.24, 2.45) is 5.92 Å². The van der Waals surface area contributed by atoms with Gasteiger partial charge in [-0.05, 0) is 43.4 Å². The minimum absolute atomic E-state index is 0.0702. The average molecular weight is 570 g/mol. The van der Waals surface area contributed by atoms with Crippen LogP contribution in [-0.4, -0.2) is 57.3 Å². The van der Waals surface area contributed by atoms with Gasteiger partial charge in [-0.15, -0.1) is 0 Å². The summed E-state index contributed by atoms with van der Waals surface area (Å²) in [5.41, 5.74) is 1.02. The van der Waals surface area contributed by atoms with Crippen molar-refractivity contribution in [3.8, 4) is 5.75 Å². The Hall–Kier alpha value is -1.24. The molecule has 8 heteroatoms. The maximum absolute atomic E-state index is 12.3. The van der Waals surface area contributed by atoms with E-state index in [4.69, 9.17) is 13.8 Å². The SMILES string of the molecule is CCCCCCCCCCCCOc1ccc(CC(COP(=O)([O-])OCC[N+](C)(C)CC)CC(=O)CC)cc1. The molecule has 0 aliphatic rings. The third-order valence-electron chi connectivity index (χ3n) is 7.40. The van der Waals surface area contributed by atoms with Crippen molar-refractivity contribution in [2.75, 3.05) is 47.0 Å². The average Bonchev–Trinajstić information content (AvgIpc) is 2.91. The Labute approximate surface area is 238 Å². The molecule has 0 saturated carbocycles. The second kappa shape index (κ2) is 20.6. The number of ether oxygens (including phenoxy) is 1. The van der Waals surface area contributed by atoms with Crippen LogP contribution in [-0.2, 0) is 24.8 Å². The quantitative estimate of drug-likeness (QED) is 0.0709. The maximum atomic E-state index is 12.3. The Morgan fingerprint density at radius 2 is 1.46 bits per heavy atom. The largest absolute Gasteiger partial charge is 0.756 e. The highest BCUT2D eigenvalue weighted by atomic mass is 31.2. The molecular formula is C31H56NO6P. The van der Waals surface area contributed by atoms with Crippen molar-refractivity contribution in [3.05, 3.63) is 29.8 Å². The van der Waals surface area contributed by atoms with Crippen molar-refractivity contribution in [3.63, 3.8) is 0 Å². The number of carbonyl (C=O) groups excluding carboxylic acids is 1. The summed E-state index contributed by atoms with van der Waals surface area (Å²) >= 11 is 0. The molecule has 0 fully saturated rings. The second-order valence-electron chi connectivity index (χ2n) is 11.4. The van der Waals surface area contributed by atoms with E-state index >= 15 is 0 Å². The van der Waals surface area contributed by atoms with E-state index in [2.05, 4.69) is 6.92 Å². The van der Waals surface area contributed by atoms with Crippen molar-refractivity contribution in [2.45, 2.75) is 104 Å². The van der Waals surface area contributed by atoms with Crippen LogP contribution < -0.4 is 9.63 Å². The molecule has 1 aromatic rings. The summed E-state index contributed by atoms with van der Waals surface area (Å²) in [6, 6.07) is 7.85. The molecule has 39 heavy (non-hydrogen) atoms. The van der Waals surface area contributed by atoms with Gasteiger partial charge in [0.25, 0.3) is 7.82 Å². The summed E-state index contributed by atoms with van der Waals surface area (Å²) < 4.78 is 29.1. The van der Waals surface area contributed by atoms with E-state index in [9.17, 15) is 14.3 Å². The number of rotatable bonds is 25. The molecule has 2 unspecified atom stereocenters. The summed E-state index contributed by atoms with van der Waals surface area (Å²) in [6.45, 7) is 8.26. The first-order chi connectivity index (χ1) is 18.6. The van der Waals surface area contributed by atoms with Gasteiger partial charge < -0.3 is 23.2 Å². The number of carbonyl (C=O) groups is 1. The molecule has 0 aromatic heterocycles. The molecule has 1 aromatic carbocycles. The summed E-state index contributed by atoms with van der Waals surface area (Å²) in [6.07, 6.45) is 14.2. The first kappa shape index (κ1) is 35.8. The van der Waals surface area contributed by atoms with Crippen LogP contribution in [0.1, 0.15) is 103 Å². The Balaban J connectivity index is 2.41. The van der Waals surface area contributed by atoms with Crippen LogP contribution in [0.5, 0.6) is 5.75 Å². The molecule has 7 nitrogen and oxygen atoms in total. The number of nitrogens with zero attached hydrogens (tertiary/aromatic N) is 1. The van der Waals surface area contributed by atoms with E-state index in [0.717, 1.165) is 24.3 Å². The Morgan fingerprint density at radius 1 is 0.872 bits per heavy atom. The molecule has 0 radical (unpaired) electrons. The zero-order valence-corrected chi connectivity index (χ0v) is 26.4. The lowest BCUT2D eigenvalue weighted by Gasteiger charge is -2.30. The zero-order valence-electron chi connectivity index (χ0n) is 25.5. The molecule has 0 heterocycles. The number of quaternary nitrogens is 1. The predicted molar refractivity (Wildman–Crippen MR) is 158 cm³/mol. The van der Waals surface area contributed by atoms with Gasteiger partial charge in [-0.25, -0.2) is 0 Å². The van der Waals surface area contributed by atoms with Crippen molar-refractivity contribution < 1.29 is 32.5 Å². The lowest BCUT2D eigenvalue weighted by atomic mass is 9.94. The van der Waals surface area contributed by atoms with Crippen LogP contribution in [0.3, 0.4) is 0 Å². The van der Waals surface area contributed by atoms with Gasteiger partial charge in [-0.3, -0.25) is 9.36 Å². The lowest BCUT2D eigenvalue weighted by molar-refractivity contribution is -0.888. The van der Waals surface area contributed by atoms with Gasteiger partial charge in [0, 0.05) is 12.8 Å². The van der Waals surface area contributed by atoms with Crippen molar-refractivity contribution in [1.29, 1.82) is 0 Å². The number of hydrogen-bond donors (Lipinski definition) is 0. The number of Topliss-reactive ketones (excluding diaryl/α,β-unsaturated/α-hetero) is 1. The number of phosphoric acid groups is 1. The fraction of sp³-hybridized carbons (Fsp3) is 0.774. The maximum Gasteiger partial charge on any atom is 0.268 e. The van der Waals surface area contributed by atoms with Gasteiger partial charge in [0.1, 0.15) is 24.7 Å². The molecule has 0 spiro atoms. The lowest BCUT2D eigenvalue weighted by Crippen LogP contribution is -2.41. The Bertz CT molecular complexity index is 814. The molecular weight excluding hydrogens is 513 g/mol. The minimum Gasteiger partial charge on any atom is -0.756 e. The van der Waals surface area contributed by atoms with E-state index in [1.54, 1.807) is 0 Å². The Morgan fingerprint density at radius 3 is 2.03 bits per heavy atom. The molecule has 2 atom stereocenters. The molecule has 1 rings (SSSR count). The van der Waals surface area contributed by atoms with Crippen LogP contribution in [0.4, 0.5) is 0 Å². The van der Waals surface area contributed by atoms with Gasteiger partial charge in [-0.2, -0.15) is 0 Å². The topological polar surface area (TPSA) is 84.9 Å². The summed E-state index contributed by atoms with van der Waals surface area (Å²) in [4.78, 5) is 24.4. The van der Waals surface area contributed by atoms with Crippen LogP contribution in [0, 0.1) is 5.92 Å². The number of ketones is 1. The van der Waals surface area contributed by atoms with Crippen molar-refractivity contribution in [1.82, 2.24) is 0 Å². The number of hydrogen-bond acceptors (Lipinski definition) is 6. The fourth-order valence-electron chi connectivity index (χ4n) is 4.28. The van der Waals surface area contributed by atoms with Gasteiger partial charge in [0.05, 0.1) is 33.9 Å². The smallest absolute Gasteiger partial charge is 0.268 e. The normalized spacial score (nSPS) is 14.2. The fourth-order valence-corrected chi connectivity index (χ4v) is 5.06. The number of benzene rings is 1. The van der Waals surface area contributed by atoms with E-state index in [1.165, 1.54) is 57.8 Å². The number of unbranched alkanes of at least 4 members (excludes halogenated alkanes) is 9. The molecule has 0 saturated heterocycles. The molecule has 0 aliphatic heterocycles. The molecule has 226 valence electrons. The summed E-state index contributed by atoms with van der Waals surface area (Å²) in [5.74, 6) is 0.672. The van der Waals surface area contributed by atoms with Crippen LogP contribution in [0.25, 0.3) is 0 Å². The highest BCUT2D eigenvalue weighted by Crippen LogP contribution is 2.39. The number of phosphoric ester groups is 1. The van der Waals surface area contributed by atoms with Gasteiger partial charge in [-0.1, -0.05) is 83.8 Å². The third kappa shape index (κ3) is 18.7. The molecule has 0 amide bonds. The monoisotopic (exact) mass is 569 g/mol. The van der Waals surface area contributed by atoms with Crippen molar-refractivity contribution >= 4 is 13.6 Å². The third-order valence-corrected chi connectivity index (χ3v) is 8.36.